The van der Waals surface area contributed by atoms with Crippen molar-refractivity contribution in [1.82, 2.24) is 19.9 Å². The minimum absolute atomic E-state index is 0.701. The van der Waals surface area contributed by atoms with E-state index in [0.717, 1.165) is 22.6 Å². The van der Waals surface area contributed by atoms with E-state index in [1.54, 1.807) is 18.6 Å². The fourth-order valence-corrected chi connectivity index (χ4v) is 1.88. The van der Waals surface area contributed by atoms with Crippen LogP contribution in [0.25, 0.3) is 22.6 Å². The molecule has 3 rings (SSSR count). The van der Waals surface area contributed by atoms with Gasteiger partial charge in [-0.25, -0.2) is 15.0 Å². The van der Waals surface area contributed by atoms with Crippen molar-refractivity contribution in [3.8, 4) is 22.6 Å². The Balaban J connectivity index is 2.15. The minimum Gasteiger partial charge on any atom is -0.345 e. The van der Waals surface area contributed by atoms with Crippen LogP contribution in [0.3, 0.4) is 0 Å². The third-order valence-corrected chi connectivity index (χ3v) is 2.84. The number of aromatic nitrogens is 4. The van der Waals surface area contributed by atoms with Gasteiger partial charge in [-0.05, 0) is 12.1 Å². The molecule has 0 atom stereocenters. The Labute approximate surface area is 109 Å². The summed E-state index contributed by atoms with van der Waals surface area (Å²) in [5.41, 5.74) is 2.68. The number of hydrogen-bond donors (Lipinski definition) is 1. The fraction of sp³-hybridized carbons (Fsp3) is 0. The second-order valence-corrected chi connectivity index (χ2v) is 4.17. The highest BCUT2D eigenvalue weighted by atomic mass is 35.5. The quantitative estimate of drug-likeness (QED) is 0.766. The SMILES string of the molecule is Clc1ccc(-c2ncncc2-c2ncc[nH]2)cc1. The summed E-state index contributed by atoms with van der Waals surface area (Å²) in [7, 11) is 0. The minimum atomic E-state index is 0.701. The van der Waals surface area contributed by atoms with Gasteiger partial charge in [0.05, 0.1) is 11.3 Å². The van der Waals surface area contributed by atoms with Crippen molar-refractivity contribution in [1.29, 1.82) is 0 Å². The topological polar surface area (TPSA) is 54.5 Å². The largest absolute Gasteiger partial charge is 0.345 e. The highest BCUT2D eigenvalue weighted by Crippen LogP contribution is 2.27. The molecule has 0 unspecified atom stereocenters. The number of rotatable bonds is 2. The normalized spacial score (nSPS) is 10.5. The molecule has 1 N–H and O–H groups in total. The van der Waals surface area contributed by atoms with Crippen LogP contribution >= 0.6 is 11.6 Å². The number of nitrogens with one attached hydrogen (secondary N) is 1. The second-order valence-electron chi connectivity index (χ2n) is 3.73. The summed E-state index contributed by atoms with van der Waals surface area (Å²) in [6.07, 6.45) is 6.74. The number of benzene rings is 1. The van der Waals surface area contributed by atoms with Crippen LogP contribution in [0, 0.1) is 0 Å². The van der Waals surface area contributed by atoms with Gasteiger partial charge in [-0.2, -0.15) is 0 Å². The van der Waals surface area contributed by atoms with Gasteiger partial charge in [0.15, 0.2) is 0 Å². The van der Waals surface area contributed by atoms with Gasteiger partial charge < -0.3 is 4.98 Å². The Kier molecular flexibility index (Phi) is 2.78. The van der Waals surface area contributed by atoms with E-state index in [9.17, 15) is 0 Å². The Morgan fingerprint density at radius 3 is 2.61 bits per heavy atom. The third-order valence-electron chi connectivity index (χ3n) is 2.58. The maximum atomic E-state index is 5.89. The van der Waals surface area contributed by atoms with Gasteiger partial charge in [0, 0.05) is 29.2 Å². The van der Waals surface area contributed by atoms with Gasteiger partial charge in [0.2, 0.25) is 0 Å². The zero-order chi connectivity index (χ0) is 12.4. The molecule has 0 fully saturated rings. The molecular formula is C13H9ClN4. The monoisotopic (exact) mass is 256 g/mol. The summed E-state index contributed by atoms with van der Waals surface area (Å²) in [5.74, 6) is 0.751. The zero-order valence-electron chi connectivity index (χ0n) is 9.34. The van der Waals surface area contributed by atoms with Crippen molar-refractivity contribution < 1.29 is 0 Å². The Morgan fingerprint density at radius 1 is 1.06 bits per heavy atom. The van der Waals surface area contributed by atoms with Crippen LogP contribution in [0.15, 0.2) is 49.2 Å². The van der Waals surface area contributed by atoms with Crippen LogP contribution in [0.1, 0.15) is 0 Å². The molecule has 2 heterocycles. The molecule has 0 radical (unpaired) electrons. The first kappa shape index (κ1) is 10.9. The van der Waals surface area contributed by atoms with Crippen molar-refractivity contribution in [2.75, 3.05) is 0 Å². The van der Waals surface area contributed by atoms with Crippen LogP contribution in [0.4, 0.5) is 0 Å². The predicted octanol–water partition coefficient (Wildman–Crippen LogP) is 3.19. The molecule has 3 aromatic rings. The molecule has 0 aliphatic carbocycles. The Morgan fingerprint density at radius 2 is 1.89 bits per heavy atom. The number of nitrogens with zero attached hydrogens (tertiary/aromatic N) is 3. The van der Waals surface area contributed by atoms with Gasteiger partial charge >= 0.3 is 0 Å². The molecule has 0 bridgehead atoms. The van der Waals surface area contributed by atoms with Gasteiger partial charge in [-0.15, -0.1) is 0 Å². The summed E-state index contributed by atoms with van der Waals surface area (Å²) < 4.78 is 0. The maximum Gasteiger partial charge on any atom is 0.141 e. The molecule has 0 spiro atoms. The molecular weight excluding hydrogens is 248 g/mol. The number of hydrogen-bond acceptors (Lipinski definition) is 3. The van der Waals surface area contributed by atoms with E-state index in [4.69, 9.17) is 11.6 Å². The highest BCUT2D eigenvalue weighted by molar-refractivity contribution is 6.30. The van der Waals surface area contributed by atoms with Crippen molar-refractivity contribution in [2.45, 2.75) is 0 Å². The molecule has 0 saturated carbocycles. The first-order chi connectivity index (χ1) is 8.84. The molecule has 4 nitrogen and oxygen atoms in total. The molecule has 5 heteroatoms. The van der Waals surface area contributed by atoms with E-state index in [1.807, 2.05) is 24.3 Å². The molecule has 0 saturated heterocycles. The summed E-state index contributed by atoms with van der Waals surface area (Å²) in [5, 5.41) is 0.701. The average Bonchev–Trinajstić information content (AvgIpc) is 2.93. The van der Waals surface area contributed by atoms with Crippen molar-refractivity contribution >= 4 is 11.6 Å². The van der Waals surface area contributed by atoms with Crippen LogP contribution < -0.4 is 0 Å². The first-order valence-corrected chi connectivity index (χ1v) is 5.78. The fourth-order valence-electron chi connectivity index (χ4n) is 1.75. The lowest BCUT2D eigenvalue weighted by atomic mass is 10.1. The van der Waals surface area contributed by atoms with Gasteiger partial charge in [0.1, 0.15) is 12.2 Å². The number of imidazole rings is 1. The van der Waals surface area contributed by atoms with Crippen LogP contribution in [0.2, 0.25) is 5.02 Å². The molecule has 18 heavy (non-hydrogen) atoms. The Hall–Kier alpha value is -2.20. The number of halogens is 1. The van der Waals surface area contributed by atoms with E-state index in [2.05, 4.69) is 19.9 Å². The standard InChI is InChI=1S/C13H9ClN4/c14-10-3-1-9(2-4-10)12-11(7-15-8-18-12)13-16-5-6-17-13/h1-8H,(H,16,17). The van der Waals surface area contributed by atoms with Crippen molar-refractivity contribution in [2.24, 2.45) is 0 Å². The van der Waals surface area contributed by atoms with E-state index < -0.39 is 0 Å². The molecule has 0 aliphatic heterocycles. The first-order valence-electron chi connectivity index (χ1n) is 5.40. The Bertz CT molecular complexity index is 647. The average molecular weight is 257 g/mol. The van der Waals surface area contributed by atoms with Crippen LogP contribution in [-0.2, 0) is 0 Å². The van der Waals surface area contributed by atoms with Crippen molar-refractivity contribution in [3.63, 3.8) is 0 Å². The zero-order valence-corrected chi connectivity index (χ0v) is 10.1. The smallest absolute Gasteiger partial charge is 0.141 e. The maximum absolute atomic E-state index is 5.89. The van der Waals surface area contributed by atoms with Gasteiger partial charge in [-0.3, -0.25) is 0 Å². The summed E-state index contributed by atoms with van der Waals surface area (Å²) in [6.45, 7) is 0. The van der Waals surface area contributed by atoms with Crippen molar-refractivity contribution in [3.05, 3.63) is 54.2 Å². The lowest BCUT2D eigenvalue weighted by Crippen LogP contribution is -1.91. The van der Waals surface area contributed by atoms with E-state index in [1.165, 1.54) is 6.33 Å². The third kappa shape index (κ3) is 1.98. The van der Waals surface area contributed by atoms with E-state index >= 15 is 0 Å². The van der Waals surface area contributed by atoms with E-state index in [0.29, 0.717) is 5.02 Å². The van der Waals surface area contributed by atoms with Crippen LogP contribution in [0.5, 0.6) is 0 Å². The highest BCUT2D eigenvalue weighted by Gasteiger charge is 2.10. The van der Waals surface area contributed by atoms with Gasteiger partial charge in [-0.1, -0.05) is 23.7 Å². The molecule has 1 aromatic carbocycles. The molecule has 88 valence electrons. The lowest BCUT2D eigenvalue weighted by molar-refractivity contribution is 1.15. The summed E-state index contributed by atoms with van der Waals surface area (Å²) >= 11 is 5.89. The molecule has 0 amide bonds. The second kappa shape index (κ2) is 4.58. The molecule has 2 aromatic heterocycles. The van der Waals surface area contributed by atoms with Crippen LogP contribution in [-0.4, -0.2) is 19.9 Å². The summed E-state index contributed by atoms with van der Waals surface area (Å²) in [6, 6.07) is 7.53. The number of H-pyrrole nitrogens is 1. The lowest BCUT2D eigenvalue weighted by Gasteiger charge is -2.05. The van der Waals surface area contributed by atoms with E-state index in [-0.39, 0.29) is 0 Å². The number of aromatic amines is 1. The predicted molar refractivity (Wildman–Crippen MR) is 70.1 cm³/mol. The van der Waals surface area contributed by atoms with Gasteiger partial charge in [0.25, 0.3) is 0 Å². The molecule has 0 aliphatic rings. The summed E-state index contributed by atoms with van der Waals surface area (Å²) in [4.78, 5) is 15.7.